The van der Waals surface area contributed by atoms with Gasteiger partial charge in [-0.05, 0) is 46.1 Å². The summed E-state index contributed by atoms with van der Waals surface area (Å²) < 4.78 is 0. The lowest BCUT2D eigenvalue weighted by Crippen LogP contribution is -2.38. The number of amides is 1. The minimum absolute atomic E-state index is 0. The first kappa shape index (κ1) is 24.9. The maximum absolute atomic E-state index is 13.0. The van der Waals surface area contributed by atoms with E-state index in [1.807, 2.05) is 18.9 Å². The third-order valence-corrected chi connectivity index (χ3v) is 7.09. The van der Waals surface area contributed by atoms with Gasteiger partial charge in [0.25, 0.3) is 0 Å². The molecule has 0 radical (unpaired) electrons. The molecule has 28 heavy (non-hydrogen) atoms. The Kier molecular flexibility index (Phi) is 9.41. The van der Waals surface area contributed by atoms with Crippen molar-refractivity contribution in [2.24, 2.45) is 17.6 Å². The fourth-order valence-corrected chi connectivity index (χ4v) is 5.05. The van der Waals surface area contributed by atoms with Gasteiger partial charge < -0.3 is 10.6 Å². The van der Waals surface area contributed by atoms with Crippen LogP contribution in [0.3, 0.4) is 0 Å². The van der Waals surface area contributed by atoms with Crippen molar-refractivity contribution in [3.05, 3.63) is 40.4 Å². The van der Waals surface area contributed by atoms with Crippen molar-refractivity contribution in [2.75, 3.05) is 13.6 Å². The topological polar surface area (TPSA) is 59.2 Å². The number of carbonyl (C=O) groups is 1. The van der Waals surface area contributed by atoms with Gasteiger partial charge >= 0.3 is 0 Å². The van der Waals surface area contributed by atoms with Gasteiger partial charge in [-0.2, -0.15) is 0 Å². The second-order valence-corrected chi connectivity index (χ2v) is 8.52. The zero-order chi connectivity index (χ0) is 18.8. The van der Waals surface area contributed by atoms with Gasteiger partial charge in [-0.1, -0.05) is 36.2 Å². The van der Waals surface area contributed by atoms with Crippen LogP contribution in [-0.4, -0.2) is 29.4 Å². The van der Waals surface area contributed by atoms with E-state index in [-0.39, 0.29) is 42.7 Å². The zero-order valence-corrected chi connectivity index (χ0v) is 19.4. The molecule has 1 amide bonds. The van der Waals surface area contributed by atoms with Gasteiger partial charge in [-0.25, -0.2) is 4.98 Å². The van der Waals surface area contributed by atoms with E-state index < -0.39 is 0 Å². The molecule has 1 aromatic carbocycles. The van der Waals surface area contributed by atoms with Gasteiger partial charge in [0, 0.05) is 18.5 Å². The standard InChI is InChI=1S/C21H29N3OS.2ClH/c1-13-8-10-16(11-9-13)20-23-14(2)19(26-20)15(3)24(4)21(25)18-7-5-6-17(18)12-22;;/h8-11,15,17-18H,5-7,12,22H2,1-4H3;2*1H/t15?,17-,18-;;/m1../s1. The van der Waals surface area contributed by atoms with E-state index in [1.54, 1.807) is 11.3 Å². The van der Waals surface area contributed by atoms with Crippen LogP contribution in [0.2, 0.25) is 0 Å². The van der Waals surface area contributed by atoms with Gasteiger partial charge in [0.05, 0.1) is 16.6 Å². The van der Waals surface area contributed by atoms with Crippen molar-refractivity contribution < 1.29 is 4.79 Å². The molecule has 1 aromatic heterocycles. The van der Waals surface area contributed by atoms with E-state index in [9.17, 15) is 4.79 Å². The molecule has 1 saturated carbocycles. The average molecular weight is 444 g/mol. The van der Waals surface area contributed by atoms with Crippen LogP contribution in [0, 0.1) is 25.7 Å². The van der Waals surface area contributed by atoms with Gasteiger partial charge in [-0.15, -0.1) is 36.2 Å². The molecule has 3 rings (SSSR count). The molecule has 2 aromatic rings. The van der Waals surface area contributed by atoms with E-state index in [0.717, 1.165) is 35.5 Å². The molecule has 3 atom stereocenters. The summed E-state index contributed by atoms with van der Waals surface area (Å²) in [4.78, 5) is 20.8. The number of hydrogen-bond acceptors (Lipinski definition) is 4. The molecule has 0 aliphatic heterocycles. The highest BCUT2D eigenvalue weighted by molar-refractivity contribution is 7.15. The van der Waals surface area contributed by atoms with Crippen molar-refractivity contribution in [3.8, 4) is 10.6 Å². The molecule has 1 heterocycles. The van der Waals surface area contributed by atoms with Crippen LogP contribution in [0.1, 0.15) is 48.4 Å². The molecule has 1 unspecified atom stereocenters. The highest BCUT2D eigenvalue weighted by Crippen LogP contribution is 2.37. The minimum Gasteiger partial charge on any atom is -0.338 e. The predicted octanol–water partition coefficient (Wildman–Crippen LogP) is 5.16. The van der Waals surface area contributed by atoms with Crippen LogP contribution in [0.15, 0.2) is 24.3 Å². The highest BCUT2D eigenvalue weighted by atomic mass is 35.5. The van der Waals surface area contributed by atoms with Gasteiger partial charge in [0.15, 0.2) is 0 Å². The number of benzene rings is 1. The number of nitrogens with zero attached hydrogens (tertiary/aromatic N) is 2. The molecule has 156 valence electrons. The predicted molar refractivity (Wildman–Crippen MR) is 123 cm³/mol. The molecule has 1 aliphatic carbocycles. The number of nitrogens with two attached hydrogens (primary N) is 1. The fraction of sp³-hybridized carbons (Fsp3) is 0.524. The molecule has 1 fully saturated rings. The van der Waals surface area contributed by atoms with Crippen molar-refractivity contribution in [2.45, 2.75) is 46.1 Å². The first-order chi connectivity index (χ1) is 12.4. The number of halogens is 2. The Balaban J connectivity index is 0.00000196. The fourth-order valence-electron chi connectivity index (χ4n) is 3.89. The van der Waals surface area contributed by atoms with Crippen molar-refractivity contribution in [3.63, 3.8) is 0 Å². The molecule has 2 N–H and O–H groups in total. The Labute approximate surface area is 184 Å². The van der Waals surface area contributed by atoms with Gasteiger partial charge in [0.1, 0.15) is 5.01 Å². The number of rotatable bonds is 5. The van der Waals surface area contributed by atoms with E-state index in [4.69, 9.17) is 10.7 Å². The van der Waals surface area contributed by atoms with E-state index in [2.05, 4.69) is 38.1 Å². The molecule has 4 nitrogen and oxygen atoms in total. The summed E-state index contributed by atoms with van der Waals surface area (Å²) in [6, 6.07) is 8.47. The van der Waals surface area contributed by atoms with Gasteiger partial charge in [0.2, 0.25) is 5.91 Å². The SMILES string of the molecule is Cc1ccc(-c2nc(C)c(C(C)N(C)C(=O)[C@@H]3CCC[C@@H]3CN)s2)cc1.Cl.Cl. The Hall–Kier alpha value is -1.14. The molecular weight excluding hydrogens is 413 g/mol. The first-order valence-corrected chi connectivity index (χ1v) is 10.2. The van der Waals surface area contributed by atoms with Crippen molar-refractivity contribution in [1.29, 1.82) is 0 Å². The van der Waals surface area contributed by atoms with Crippen molar-refractivity contribution in [1.82, 2.24) is 9.88 Å². The Morgan fingerprint density at radius 1 is 1.25 bits per heavy atom. The maximum Gasteiger partial charge on any atom is 0.226 e. The molecule has 0 spiro atoms. The second-order valence-electron chi connectivity index (χ2n) is 7.49. The summed E-state index contributed by atoms with van der Waals surface area (Å²) in [5.41, 5.74) is 9.26. The monoisotopic (exact) mass is 443 g/mol. The molecule has 1 aliphatic rings. The third kappa shape index (κ3) is 5.07. The Morgan fingerprint density at radius 2 is 1.89 bits per heavy atom. The number of aromatic nitrogens is 1. The maximum atomic E-state index is 13.0. The smallest absolute Gasteiger partial charge is 0.226 e. The van der Waals surface area contributed by atoms with Crippen LogP contribution in [0.25, 0.3) is 10.6 Å². The number of hydrogen-bond donors (Lipinski definition) is 1. The summed E-state index contributed by atoms with van der Waals surface area (Å²) in [7, 11) is 1.92. The van der Waals surface area contributed by atoms with Gasteiger partial charge in [-0.3, -0.25) is 4.79 Å². The van der Waals surface area contributed by atoms with E-state index >= 15 is 0 Å². The summed E-state index contributed by atoms with van der Waals surface area (Å²) in [6.45, 7) is 6.83. The third-order valence-electron chi connectivity index (χ3n) is 5.72. The van der Waals surface area contributed by atoms with Crippen LogP contribution in [-0.2, 0) is 4.79 Å². The van der Waals surface area contributed by atoms with Crippen molar-refractivity contribution >= 4 is 42.1 Å². The van der Waals surface area contributed by atoms with E-state index in [0.29, 0.717) is 12.5 Å². The molecule has 7 heteroatoms. The number of thiazole rings is 1. The lowest BCUT2D eigenvalue weighted by atomic mass is 9.94. The van der Waals surface area contributed by atoms with Crippen LogP contribution in [0.4, 0.5) is 0 Å². The van der Waals surface area contributed by atoms with Crippen LogP contribution < -0.4 is 5.73 Å². The zero-order valence-electron chi connectivity index (χ0n) is 17.0. The lowest BCUT2D eigenvalue weighted by molar-refractivity contribution is -0.137. The summed E-state index contributed by atoms with van der Waals surface area (Å²) in [5, 5.41) is 1.02. The lowest BCUT2D eigenvalue weighted by Gasteiger charge is -2.29. The molecule has 0 bridgehead atoms. The second kappa shape index (κ2) is 10.6. The average Bonchev–Trinajstić information content (AvgIpc) is 3.27. The van der Waals surface area contributed by atoms with E-state index in [1.165, 1.54) is 10.4 Å². The summed E-state index contributed by atoms with van der Waals surface area (Å²) in [6.07, 6.45) is 3.15. The summed E-state index contributed by atoms with van der Waals surface area (Å²) >= 11 is 1.69. The quantitative estimate of drug-likeness (QED) is 0.693. The van der Waals surface area contributed by atoms with Crippen LogP contribution >= 0.6 is 36.2 Å². The Morgan fingerprint density at radius 3 is 2.50 bits per heavy atom. The minimum atomic E-state index is 0. The highest BCUT2D eigenvalue weighted by Gasteiger charge is 2.35. The molecular formula is C21H31Cl2N3OS. The number of aryl methyl sites for hydroxylation is 2. The Bertz CT molecular complexity index is 778. The summed E-state index contributed by atoms with van der Waals surface area (Å²) in [5.74, 6) is 0.648. The first-order valence-electron chi connectivity index (χ1n) is 9.43. The molecule has 0 saturated heterocycles. The largest absolute Gasteiger partial charge is 0.338 e. The van der Waals surface area contributed by atoms with Crippen LogP contribution in [0.5, 0.6) is 0 Å². The normalized spacial score (nSPS) is 19.5. The number of carbonyl (C=O) groups excluding carboxylic acids is 1.